The average molecular weight is 1390 g/mol. The Balaban J connectivity index is 0.688. The highest BCUT2D eigenvalue weighted by molar-refractivity contribution is 7.89. The van der Waals surface area contributed by atoms with Gasteiger partial charge in [0, 0.05) is 60.7 Å². The van der Waals surface area contributed by atoms with Crippen LogP contribution in [-0.4, -0.2) is 141 Å². The van der Waals surface area contributed by atoms with Gasteiger partial charge in [-0.1, -0.05) is 66.2 Å². The van der Waals surface area contributed by atoms with Gasteiger partial charge in [0.1, 0.15) is 19.8 Å². The van der Waals surface area contributed by atoms with Crippen LogP contribution in [0.3, 0.4) is 0 Å². The van der Waals surface area contributed by atoms with Crippen molar-refractivity contribution in [1.29, 1.82) is 0 Å². The highest BCUT2D eigenvalue weighted by Gasteiger charge is 2.76. The van der Waals surface area contributed by atoms with E-state index in [4.69, 9.17) is 86.2 Å². The molecule has 16 rings (SSSR count). The Morgan fingerprint density at radius 1 is 0.495 bits per heavy atom. The van der Waals surface area contributed by atoms with Crippen LogP contribution in [0.5, 0.6) is 0 Å². The SMILES string of the molecule is Cc1ccc(S(=O)(=O)NC(COC(=O)CCC(=O)O[C@@H]2O[C@@H]3O[C@]4(C)CC[C@H]5[C@H](C)CC[C@@H]([C@H]2C)[C@@]35OO4)(COC(=O)CCC(=O)O[C@@H]2O[C@@H]3O[C@]4(C)CC[C@H]5[C@H](C)CC[C@@](C)([C@H]2C)[C@@]35OO4)OCC(=O)CCC(=O)O[C@@H]2O[C@@H]3O[C@]4(C)CC[C@H]5[C@H](C)CC[C@@H]([C@H]2C)[C@@]35OO4)cc1. The van der Waals surface area contributed by atoms with Crippen LogP contribution in [0.1, 0.15) is 190 Å². The Morgan fingerprint density at radius 3 is 1.44 bits per heavy atom. The third-order valence-electron chi connectivity index (χ3n) is 24.6. The molecule has 1 unspecified atom stereocenters. The third kappa shape index (κ3) is 12.8. The molecule has 97 heavy (non-hydrogen) atoms. The fourth-order valence-corrected chi connectivity index (χ4v) is 19.9. The van der Waals surface area contributed by atoms with Crippen LogP contribution < -0.4 is 4.72 Å². The maximum absolute atomic E-state index is 14.5. The van der Waals surface area contributed by atoms with E-state index in [2.05, 4.69) is 32.4 Å². The first-order chi connectivity index (χ1) is 45.9. The lowest BCUT2D eigenvalue weighted by Gasteiger charge is -2.65. The standard InChI is InChI=1S/C69H97NO26S/c1-37-12-17-45(18-13-37)97(77,78)70-66(35-79-51(72)22-24-54(75)83-57-42(6)50-20-15-39(3)47-28-32-64(10)89-60(86-57)68(47,50)95-92-64,81-34-44(71)16-21-53(74)82-56-41(5)49-19-14-38(2)46-27-31-63(9)88-59(85-56)67(46,49)94-91-63)36-80-52(73)23-25-55(76)84-58-43(7)62(8)30-26-40(4)48-29-33-65(11)90-61(87-58)69(48,62)96-93-65/h12-13,17-18,38-43,46-50,56-61,70H,14-16,19-36H2,1-11H3/t38-,39-,40-,41-,42-,43+,46+,47+,48+,49+,50+,56-,57-,58-,59-,60-,61-,62+,63+,64+,65+,66?,67-,68-,69+/m1/s1. The van der Waals surface area contributed by atoms with Crippen molar-refractivity contribution in [2.24, 2.45) is 70.5 Å². The summed E-state index contributed by atoms with van der Waals surface area (Å²) in [5, 5.41) is 0. The Morgan fingerprint density at radius 2 is 0.928 bits per heavy atom. The second kappa shape index (κ2) is 26.5. The number of Topliss-reactive ketones (excluding diaryl/α,β-unsaturated/α-hetero) is 1. The van der Waals surface area contributed by atoms with Crippen LogP contribution >= 0.6 is 0 Å². The number of ether oxygens (including phenoxy) is 12. The lowest BCUT2D eigenvalue weighted by molar-refractivity contribution is -0.586. The number of rotatable bonds is 22. The summed E-state index contributed by atoms with van der Waals surface area (Å²) in [6.07, 6.45) is -0.252. The van der Waals surface area contributed by atoms with E-state index in [0.29, 0.717) is 37.5 Å². The zero-order chi connectivity index (χ0) is 69.0. The molecule has 25 atom stereocenters. The second-order valence-electron chi connectivity index (χ2n) is 31.0. The Hall–Kier alpha value is -4.37. The molecule has 3 saturated carbocycles. The van der Waals surface area contributed by atoms with E-state index in [1.807, 2.05) is 20.8 Å². The van der Waals surface area contributed by atoms with E-state index in [9.17, 15) is 37.2 Å². The minimum atomic E-state index is -4.72. The summed E-state index contributed by atoms with van der Waals surface area (Å²) in [4.78, 5) is 120. The number of nitrogens with one attached hydrogen (secondary N) is 1. The minimum Gasteiger partial charge on any atom is -0.461 e. The molecule has 1 aromatic rings. The zero-order valence-corrected chi connectivity index (χ0v) is 58.3. The van der Waals surface area contributed by atoms with E-state index in [1.165, 1.54) is 24.3 Å². The summed E-state index contributed by atoms with van der Waals surface area (Å²) in [6, 6.07) is 5.69. The zero-order valence-electron chi connectivity index (χ0n) is 57.5. The van der Waals surface area contributed by atoms with Crippen molar-refractivity contribution >= 4 is 45.7 Å². The predicted molar refractivity (Wildman–Crippen MR) is 328 cm³/mol. The number of aryl methyl sites for hydroxylation is 1. The van der Waals surface area contributed by atoms with Crippen LogP contribution in [0, 0.1) is 77.4 Å². The van der Waals surface area contributed by atoms with Gasteiger partial charge >= 0.3 is 29.8 Å². The smallest absolute Gasteiger partial charge is 0.308 e. The first-order valence-electron chi connectivity index (χ1n) is 35.1. The maximum Gasteiger partial charge on any atom is 0.308 e. The molecule has 12 aliphatic heterocycles. The number of benzene rings is 1. The molecule has 1 N–H and O–H groups in total. The van der Waals surface area contributed by atoms with Crippen molar-refractivity contribution in [1.82, 2.24) is 4.72 Å². The maximum atomic E-state index is 14.5. The van der Waals surface area contributed by atoms with Crippen molar-refractivity contribution in [2.75, 3.05) is 19.8 Å². The second-order valence-corrected chi connectivity index (χ2v) is 32.7. The van der Waals surface area contributed by atoms with Crippen LogP contribution in [0.25, 0.3) is 0 Å². The van der Waals surface area contributed by atoms with Crippen molar-refractivity contribution in [3.63, 3.8) is 0 Å². The molecule has 0 radical (unpaired) electrons. The quantitative estimate of drug-likeness (QED) is 0.0491. The van der Waals surface area contributed by atoms with Crippen molar-refractivity contribution in [3.8, 4) is 0 Å². The summed E-state index contributed by atoms with van der Waals surface area (Å²) in [6.45, 7) is 18.4. The summed E-state index contributed by atoms with van der Waals surface area (Å²) in [5.41, 5.74) is -5.32. The molecule has 0 amide bonds. The van der Waals surface area contributed by atoms with Gasteiger partial charge in [-0.15, -0.1) is 0 Å². The fourth-order valence-electron chi connectivity index (χ4n) is 18.6. The Bertz CT molecular complexity index is 3170. The van der Waals surface area contributed by atoms with Gasteiger partial charge in [-0.3, -0.25) is 28.8 Å². The van der Waals surface area contributed by atoms with Gasteiger partial charge in [0.05, 0.1) is 37.0 Å². The number of ketones is 1. The van der Waals surface area contributed by atoms with E-state index in [-0.39, 0.29) is 52.2 Å². The first-order valence-corrected chi connectivity index (χ1v) is 36.6. The molecule has 28 heteroatoms. The number of fused-ring (bicyclic) bond motifs is 6. The molecule has 12 heterocycles. The van der Waals surface area contributed by atoms with Crippen molar-refractivity contribution in [3.05, 3.63) is 29.8 Å². The summed E-state index contributed by atoms with van der Waals surface area (Å²) in [7, 11) is -4.72. The monoisotopic (exact) mass is 1390 g/mol. The topological polar surface area (TPSA) is 315 Å². The minimum absolute atomic E-state index is 0.0286. The van der Waals surface area contributed by atoms with Gasteiger partial charge in [-0.25, -0.2) is 37.7 Å². The molecule has 27 nitrogen and oxygen atoms in total. The van der Waals surface area contributed by atoms with Gasteiger partial charge in [0.15, 0.2) is 41.5 Å². The van der Waals surface area contributed by atoms with Crippen molar-refractivity contribution < 1.29 is 123 Å². The molecular formula is C69H97NO26S. The Kier molecular flexibility index (Phi) is 19.4. The van der Waals surface area contributed by atoms with Crippen LogP contribution in [-0.2, 0) is 125 Å². The molecule has 0 aromatic heterocycles. The van der Waals surface area contributed by atoms with Crippen LogP contribution in [0.4, 0.5) is 0 Å². The van der Waals surface area contributed by atoms with E-state index < -0.39 is 193 Å². The molecule has 1 aromatic carbocycles. The molecule has 3 spiro atoms. The van der Waals surface area contributed by atoms with E-state index in [0.717, 1.165) is 56.9 Å². The van der Waals surface area contributed by atoms with Crippen LogP contribution in [0.2, 0.25) is 0 Å². The van der Waals surface area contributed by atoms with Gasteiger partial charge < -0.3 is 56.8 Å². The highest BCUT2D eigenvalue weighted by Crippen LogP contribution is 2.67. The lowest BCUT2D eigenvalue weighted by Crippen LogP contribution is -2.74. The number of hydrogen-bond donors (Lipinski definition) is 1. The average Bonchev–Trinajstić information content (AvgIpc) is 1.69. The number of hydrogen-bond acceptors (Lipinski definition) is 26. The number of carbonyl (C=O) groups excluding carboxylic acids is 6. The van der Waals surface area contributed by atoms with E-state index in [1.54, 1.807) is 27.7 Å². The molecule has 540 valence electrons. The summed E-state index contributed by atoms with van der Waals surface area (Å²) < 4.78 is 106. The molecule has 6 bridgehead atoms. The van der Waals surface area contributed by atoms with Gasteiger partial charge in [0.25, 0.3) is 0 Å². The predicted octanol–water partition coefficient (Wildman–Crippen LogP) is 8.63. The lowest BCUT2D eigenvalue weighted by atomic mass is 9.50. The molecule has 15 fully saturated rings. The van der Waals surface area contributed by atoms with Crippen LogP contribution in [0.15, 0.2) is 29.2 Å². The first kappa shape index (κ1) is 71.0. The number of sulfonamides is 1. The number of carbonyl (C=O) groups is 6. The Labute approximate surface area is 565 Å². The molecule has 12 saturated heterocycles. The largest absolute Gasteiger partial charge is 0.461 e. The molecule has 3 aliphatic carbocycles. The van der Waals surface area contributed by atoms with Gasteiger partial charge in [0.2, 0.25) is 52.0 Å². The summed E-state index contributed by atoms with van der Waals surface area (Å²) >= 11 is 0. The number of esters is 5. The normalized spacial score (nSPS) is 44.3. The van der Waals surface area contributed by atoms with Gasteiger partial charge in [-0.2, -0.15) is 4.72 Å². The van der Waals surface area contributed by atoms with E-state index >= 15 is 0 Å². The van der Waals surface area contributed by atoms with Gasteiger partial charge in [-0.05, 0) is 133 Å². The fraction of sp³-hybridized carbons (Fsp3) is 0.826. The third-order valence-corrected chi connectivity index (χ3v) is 26.1. The molecular weight excluding hydrogens is 1290 g/mol. The van der Waals surface area contributed by atoms with Crippen molar-refractivity contribution in [2.45, 2.75) is 274 Å². The highest BCUT2D eigenvalue weighted by atomic mass is 32.2. The summed E-state index contributed by atoms with van der Waals surface area (Å²) in [5.74, 6) is -8.99. The molecule has 15 aliphatic rings.